The van der Waals surface area contributed by atoms with Crippen molar-refractivity contribution in [2.24, 2.45) is 10.8 Å². The Morgan fingerprint density at radius 2 is 1.80 bits per heavy atom. The molecule has 0 unspecified atom stereocenters. The quantitative estimate of drug-likeness (QED) is 0.349. The predicted octanol–water partition coefficient (Wildman–Crippen LogP) is 2.18. The Morgan fingerprint density at radius 1 is 1.10 bits per heavy atom. The molecule has 0 heterocycles. The topological polar surface area (TPSA) is 82.1 Å². The Morgan fingerprint density at radius 3 is 2.45 bits per heavy atom. The number of hydrogen-bond acceptors (Lipinski definition) is 4. The molecule has 2 rings (SSSR count). The number of nitrogens with zero attached hydrogens (tertiary/aromatic N) is 2. The third kappa shape index (κ3) is 3.04. The molecule has 0 aromatic heterocycles. The van der Waals surface area contributed by atoms with E-state index in [-0.39, 0.29) is 16.6 Å². The van der Waals surface area contributed by atoms with E-state index in [0.717, 1.165) is 0 Å². The largest absolute Gasteiger partial charge is 0.504 e. The summed E-state index contributed by atoms with van der Waals surface area (Å²) in [6, 6.07) is 13.7. The molecular formula is C14H13N3O2S. The summed E-state index contributed by atoms with van der Waals surface area (Å²) in [5.74, 6) is -0.456. The van der Waals surface area contributed by atoms with Gasteiger partial charge in [-0.1, -0.05) is 24.3 Å². The van der Waals surface area contributed by atoms with Crippen LogP contribution in [-0.4, -0.2) is 21.5 Å². The lowest BCUT2D eigenvalue weighted by molar-refractivity contribution is 0.403. The van der Waals surface area contributed by atoms with E-state index >= 15 is 0 Å². The van der Waals surface area contributed by atoms with Crippen molar-refractivity contribution in [1.29, 1.82) is 0 Å². The normalized spacial score (nSPS) is 10.6. The molecule has 0 fully saturated rings. The summed E-state index contributed by atoms with van der Waals surface area (Å²) < 4.78 is 0. The summed E-state index contributed by atoms with van der Waals surface area (Å²) >= 11 is 4.95. The van der Waals surface area contributed by atoms with Gasteiger partial charge in [-0.2, -0.15) is 5.10 Å². The molecule has 20 heavy (non-hydrogen) atoms. The molecule has 0 saturated heterocycles. The SMILES string of the molecule is NC(=S)N(N=Cc1cccc(O)c1O)c1ccccc1. The number of aromatic hydroxyl groups is 2. The Kier molecular flexibility index (Phi) is 4.17. The molecule has 0 aliphatic rings. The predicted molar refractivity (Wildman–Crippen MR) is 83.1 cm³/mol. The zero-order chi connectivity index (χ0) is 14.5. The van der Waals surface area contributed by atoms with Gasteiger partial charge in [0.15, 0.2) is 16.6 Å². The first kappa shape index (κ1) is 13.8. The van der Waals surface area contributed by atoms with Crippen LogP contribution in [0.15, 0.2) is 53.6 Å². The minimum Gasteiger partial charge on any atom is -0.504 e. The Hall–Kier alpha value is -2.60. The lowest BCUT2D eigenvalue weighted by Gasteiger charge is -2.16. The van der Waals surface area contributed by atoms with Crippen molar-refractivity contribution in [2.45, 2.75) is 0 Å². The number of anilines is 1. The molecule has 102 valence electrons. The van der Waals surface area contributed by atoms with Crippen molar-refractivity contribution in [1.82, 2.24) is 0 Å². The number of rotatable bonds is 3. The fraction of sp³-hybridized carbons (Fsp3) is 0. The number of phenolic OH excluding ortho intramolecular Hbond substituents is 2. The molecule has 4 N–H and O–H groups in total. The second kappa shape index (κ2) is 6.03. The van der Waals surface area contributed by atoms with Crippen LogP contribution in [0.2, 0.25) is 0 Å². The fourth-order valence-corrected chi connectivity index (χ4v) is 1.75. The van der Waals surface area contributed by atoms with Crippen molar-refractivity contribution in [3.63, 3.8) is 0 Å². The highest BCUT2D eigenvalue weighted by atomic mass is 32.1. The van der Waals surface area contributed by atoms with E-state index < -0.39 is 0 Å². The minimum atomic E-state index is -0.243. The number of hydrazone groups is 1. The minimum absolute atomic E-state index is 0.0760. The number of para-hydroxylation sites is 2. The van der Waals surface area contributed by atoms with Crippen LogP contribution in [0.25, 0.3) is 0 Å². The molecule has 0 spiro atoms. The zero-order valence-corrected chi connectivity index (χ0v) is 11.3. The maximum Gasteiger partial charge on any atom is 0.191 e. The van der Waals surface area contributed by atoms with Crippen LogP contribution in [0.3, 0.4) is 0 Å². The van der Waals surface area contributed by atoms with E-state index in [9.17, 15) is 10.2 Å². The third-order valence-electron chi connectivity index (χ3n) is 2.57. The number of nitrogens with two attached hydrogens (primary N) is 1. The van der Waals surface area contributed by atoms with Gasteiger partial charge in [0.2, 0.25) is 0 Å². The first-order chi connectivity index (χ1) is 9.59. The molecule has 0 saturated carbocycles. The molecule has 0 atom stereocenters. The van der Waals surface area contributed by atoms with Crippen LogP contribution in [0.4, 0.5) is 5.69 Å². The van der Waals surface area contributed by atoms with Crippen LogP contribution in [0, 0.1) is 0 Å². The first-order valence-electron chi connectivity index (χ1n) is 5.79. The van der Waals surface area contributed by atoms with E-state index in [0.29, 0.717) is 11.3 Å². The maximum absolute atomic E-state index is 9.70. The average Bonchev–Trinajstić information content (AvgIpc) is 2.44. The summed E-state index contributed by atoms with van der Waals surface area (Å²) in [6.45, 7) is 0. The van der Waals surface area contributed by atoms with Gasteiger partial charge in [0.05, 0.1) is 11.9 Å². The van der Waals surface area contributed by atoms with Crippen molar-refractivity contribution >= 4 is 29.2 Å². The van der Waals surface area contributed by atoms with Gasteiger partial charge in [-0.25, -0.2) is 5.01 Å². The first-order valence-corrected chi connectivity index (χ1v) is 6.20. The molecule has 0 aliphatic heterocycles. The van der Waals surface area contributed by atoms with Crippen LogP contribution in [-0.2, 0) is 0 Å². The monoisotopic (exact) mass is 287 g/mol. The Bertz CT molecular complexity index is 644. The van der Waals surface area contributed by atoms with Gasteiger partial charge in [-0.3, -0.25) is 0 Å². The summed E-state index contributed by atoms with van der Waals surface area (Å²) in [4.78, 5) is 0. The van der Waals surface area contributed by atoms with Gasteiger partial charge in [0, 0.05) is 5.56 Å². The van der Waals surface area contributed by atoms with Gasteiger partial charge < -0.3 is 15.9 Å². The molecule has 0 radical (unpaired) electrons. The molecule has 0 amide bonds. The molecule has 2 aromatic rings. The highest BCUT2D eigenvalue weighted by Crippen LogP contribution is 2.27. The van der Waals surface area contributed by atoms with Crippen LogP contribution in [0.1, 0.15) is 5.56 Å². The smallest absolute Gasteiger partial charge is 0.191 e. The molecule has 2 aromatic carbocycles. The van der Waals surface area contributed by atoms with Crippen LogP contribution < -0.4 is 10.7 Å². The maximum atomic E-state index is 9.70. The van der Waals surface area contributed by atoms with Crippen LogP contribution in [0.5, 0.6) is 11.5 Å². The highest BCUT2D eigenvalue weighted by Gasteiger charge is 2.08. The summed E-state index contributed by atoms with van der Waals surface area (Å²) in [7, 11) is 0. The molecular weight excluding hydrogens is 274 g/mol. The van der Waals surface area contributed by atoms with Gasteiger partial charge in [0.25, 0.3) is 0 Å². The fourth-order valence-electron chi connectivity index (χ4n) is 1.59. The van der Waals surface area contributed by atoms with Gasteiger partial charge in [-0.05, 0) is 36.5 Å². The van der Waals surface area contributed by atoms with Crippen molar-refractivity contribution in [3.8, 4) is 11.5 Å². The summed E-state index contributed by atoms with van der Waals surface area (Å²) in [6.07, 6.45) is 1.38. The number of benzene rings is 2. The van der Waals surface area contributed by atoms with E-state index in [4.69, 9.17) is 18.0 Å². The van der Waals surface area contributed by atoms with Gasteiger partial charge >= 0.3 is 0 Å². The third-order valence-corrected chi connectivity index (χ3v) is 2.74. The van der Waals surface area contributed by atoms with Crippen molar-refractivity contribution < 1.29 is 10.2 Å². The Balaban J connectivity index is 2.32. The van der Waals surface area contributed by atoms with Gasteiger partial charge in [0.1, 0.15) is 0 Å². The molecule has 6 heteroatoms. The second-order valence-electron chi connectivity index (χ2n) is 3.95. The van der Waals surface area contributed by atoms with E-state index in [1.807, 2.05) is 18.2 Å². The van der Waals surface area contributed by atoms with Gasteiger partial charge in [-0.15, -0.1) is 0 Å². The summed E-state index contributed by atoms with van der Waals surface area (Å²) in [5, 5.41) is 24.7. The van der Waals surface area contributed by atoms with E-state index in [1.165, 1.54) is 17.3 Å². The zero-order valence-electron chi connectivity index (χ0n) is 10.5. The lowest BCUT2D eigenvalue weighted by atomic mass is 10.2. The summed E-state index contributed by atoms with van der Waals surface area (Å²) in [5.41, 5.74) is 6.70. The van der Waals surface area contributed by atoms with Crippen LogP contribution >= 0.6 is 12.2 Å². The van der Waals surface area contributed by atoms with E-state index in [2.05, 4.69) is 5.10 Å². The highest BCUT2D eigenvalue weighted by molar-refractivity contribution is 7.80. The standard InChI is InChI=1S/C14H13N3O2S/c15-14(20)17(11-6-2-1-3-7-11)16-9-10-5-4-8-12(18)13(10)19/h1-9,18-19H,(H2,15,20). The molecule has 5 nitrogen and oxygen atoms in total. The van der Waals surface area contributed by atoms with E-state index in [1.54, 1.807) is 24.3 Å². The second-order valence-corrected chi connectivity index (χ2v) is 4.36. The molecule has 0 aliphatic carbocycles. The number of thiocarbonyl (C=S) groups is 1. The number of phenols is 2. The number of hydrogen-bond donors (Lipinski definition) is 3. The Labute approximate surface area is 121 Å². The molecule has 0 bridgehead atoms. The van der Waals surface area contributed by atoms with Crippen molar-refractivity contribution in [2.75, 3.05) is 5.01 Å². The van der Waals surface area contributed by atoms with Crippen molar-refractivity contribution in [3.05, 3.63) is 54.1 Å². The lowest BCUT2D eigenvalue weighted by Crippen LogP contribution is -2.30. The average molecular weight is 287 g/mol.